The minimum atomic E-state index is -3.58. The molecule has 184 valence electrons. The summed E-state index contributed by atoms with van der Waals surface area (Å²) in [6.07, 6.45) is 3.12. The molecule has 35 heavy (non-hydrogen) atoms. The van der Waals surface area contributed by atoms with E-state index in [0.29, 0.717) is 18.3 Å². The first-order valence-corrected chi connectivity index (χ1v) is 13.6. The van der Waals surface area contributed by atoms with Crippen molar-refractivity contribution in [3.8, 4) is 11.5 Å². The SMILES string of the molecule is O=S(=O)(Nc1ccc(N2CCC(NCC[C@H]3COc4ccccc4O3)CC2)cc1)c1ccccc1. The molecule has 0 bridgehead atoms. The molecule has 2 aliphatic heterocycles. The third kappa shape index (κ3) is 5.89. The Morgan fingerprint density at radius 1 is 0.857 bits per heavy atom. The quantitative estimate of drug-likeness (QED) is 0.488. The average molecular weight is 494 g/mol. The zero-order valence-corrected chi connectivity index (χ0v) is 20.4. The summed E-state index contributed by atoms with van der Waals surface area (Å²) in [7, 11) is -3.58. The highest BCUT2D eigenvalue weighted by molar-refractivity contribution is 7.92. The lowest BCUT2D eigenvalue weighted by atomic mass is 10.0. The van der Waals surface area contributed by atoms with Crippen molar-refractivity contribution in [1.29, 1.82) is 0 Å². The maximum Gasteiger partial charge on any atom is 0.261 e. The average Bonchev–Trinajstić information content (AvgIpc) is 2.90. The Morgan fingerprint density at radius 3 is 2.29 bits per heavy atom. The van der Waals surface area contributed by atoms with Gasteiger partial charge in [0.2, 0.25) is 0 Å². The van der Waals surface area contributed by atoms with Gasteiger partial charge in [0.25, 0.3) is 10.0 Å². The largest absolute Gasteiger partial charge is 0.486 e. The molecule has 3 aromatic carbocycles. The van der Waals surface area contributed by atoms with Crippen LogP contribution >= 0.6 is 0 Å². The molecule has 7 nitrogen and oxygen atoms in total. The first-order chi connectivity index (χ1) is 17.1. The van der Waals surface area contributed by atoms with E-state index in [0.717, 1.165) is 56.1 Å². The second kappa shape index (κ2) is 10.6. The molecule has 2 heterocycles. The lowest BCUT2D eigenvalue weighted by Gasteiger charge is -2.34. The van der Waals surface area contributed by atoms with Crippen LogP contribution in [-0.2, 0) is 10.0 Å². The fraction of sp³-hybridized carbons (Fsp3) is 0.333. The van der Waals surface area contributed by atoms with Crippen LogP contribution in [0.1, 0.15) is 19.3 Å². The molecule has 8 heteroatoms. The van der Waals surface area contributed by atoms with Crippen LogP contribution in [0.5, 0.6) is 11.5 Å². The number of nitrogens with one attached hydrogen (secondary N) is 2. The van der Waals surface area contributed by atoms with Gasteiger partial charge in [-0.1, -0.05) is 30.3 Å². The molecule has 1 fully saturated rings. The molecule has 5 rings (SSSR count). The van der Waals surface area contributed by atoms with Gasteiger partial charge in [0.1, 0.15) is 12.7 Å². The summed E-state index contributed by atoms with van der Waals surface area (Å²) in [6, 6.07) is 24.3. The number of ether oxygens (including phenoxy) is 2. The van der Waals surface area contributed by atoms with Crippen LogP contribution in [0.25, 0.3) is 0 Å². The van der Waals surface area contributed by atoms with Gasteiger partial charge in [-0.15, -0.1) is 0 Å². The number of hydrogen-bond acceptors (Lipinski definition) is 6. The summed E-state index contributed by atoms with van der Waals surface area (Å²) in [6.45, 7) is 3.41. The van der Waals surface area contributed by atoms with Crippen molar-refractivity contribution in [3.05, 3.63) is 78.9 Å². The van der Waals surface area contributed by atoms with E-state index >= 15 is 0 Å². The normalized spacial score (nSPS) is 18.3. The van der Waals surface area contributed by atoms with E-state index in [2.05, 4.69) is 14.9 Å². The third-order valence-corrected chi connectivity index (χ3v) is 7.90. The number of anilines is 2. The van der Waals surface area contributed by atoms with E-state index in [4.69, 9.17) is 9.47 Å². The van der Waals surface area contributed by atoms with Gasteiger partial charge in [0, 0.05) is 36.9 Å². The second-order valence-electron chi connectivity index (χ2n) is 8.97. The molecule has 1 saturated heterocycles. The van der Waals surface area contributed by atoms with Crippen molar-refractivity contribution in [1.82, 2.24) is 5.32 Å². The Morgan fingerprint density at radius 2 is 1.54 bits per heavy atom. The fourth-order valence-electron chi connectivity index (χ4n) is 4.55. The highest BCUT2D eigenvalue weighted by atomic mass is 32.2. The van der Waals surface area contributed by atoms with Gasteiger partial charge in [0.15, 0.2) is 11.5 Å². The molecular weight excluding hydrogens is 462 g/mol. The van der Waals surface area contributed by atoms with E-state index in [1.807, 2.05) is 48.5 Å². The van der Waals surface area contributed by atoms with Crippen LogP contribution in [0.15, 0.2) is 83.8 Å². The number of rotatable bonds is 8. The van der Waals surface area contributed by atoms with E-state index in [9.17, 15) is 8.42 Å². The van der Waals surface area contributed by atoms with Crippen LogP contribution < -0.4 is 24.4 Å². The Kier molecular flexibility index (Phi) is 7.11. The number of para-hydroxylation sites is 2. The van der Waals surface area contributed by atoms with Gasteiger partial charge in [-0.3, -0.25) is 4.72 Å². The van der Waals surface area contributed by atoms with Gasteiger partial charge in [-0.05, 0) is 67.9 Å². The van der Waals surface area contributed by atoms with E-state index < -0.39 is 10.0 Å². The van der Waals surface area contributed by atoms with Crippen molar-refractivity contribution in [2.24, 2.45) is 0 Å². The molecule has 0 unspecified atom stereocenters. The van der Waals surface area contributed by atoms with Gasteiger partial charge >= 0.3 is 0 Å². The molecule has 1 atom stereocenters. The molecule has 2 aliphatic rings. The number of sulfonamides is 1. The minimum absolute atomic E-state index is 0.0790. The van der Waals surface area contributed by atoms with Crippen molar-refractivity contribution in [3.63, 3.8) is 0 Å². The maximum absolute atomic E-state index is 12.5. The summed E-state index contributed by atoms with van der Waals surface area (Å²) in [4.78, 5) is 2.61. The number of benzene rings is 3. The Labute approximate surface area is 207 Å². The van der Waals surface area contributed by atoms with Crippen molar-refractivity contribution < 1.29 is 17.9 Å². The van der Waals surface area contributed by atoms with Gasteiger partial charge in [-0.25, -0.2) is 8.42 Å². The lowest BCUT2D eigenvalue weighted by Crippen LogP contribution is -2.44. The first-order valence-electron chi connectivity index (χ1n) is 12.1. The Hall–Kier alpha value is -3.23. The number of nitrogens with zero attached hydrogens (tertiary/aromatic N) is 1. The predicted octanol–water partition coefficient (Wildman–Crippen LogP) is 4.28. The summed E-state index contributed by atoms with van der Waals surface area (Å²) in [5, 5.41) is 3.68. The topological polar surface area (TPSA) is 79.9 Å². The van der Waals surface area contributed by atoms with Crippen LogP contribution in [0, 0.1) is 0 Å². The first kappa shape index (κ1) is 23.5. The number of piperidine rings is 1. The van der Waals surface area contributed by atoms with Crippen molar-refractivity contribution in [2.75, 3.05) is 35.9 Å². The Bertz CT molecular complexity index is 1210. The summed E-state index contributed by atoms with van der Waals surface area (Å²) < 4.78 is 39.5. The third-order valence-electron chi connectivity index (χ3n) is 6.50. The van der Waals surface area contributed by atoms with E-state index in [-0.39, 0.29) is 11.0 Å². The van der Waals surface area contributed by atoms with Crippen molar-refractivity contribution in [2.45, 2.75) is 36.3 Å². The number of hydrogen-bond donors (Lipinski definition) is 2. The summed E-state index contributed by atoms with van der Waals surface area (Å²) in [5.41, 5.74) is 1.67. The van der Waals surface area contributed by atoms with Crippen LogP contribution in [0.2, 0.25) is 0 Å². The van der Waals surface area contributed by atoms with Crippen LogP contribution in [0.4, 0.5) is 11.4 Å². The van der Waals surface area contributed by atoms with Gasteiger partial charge in [-0.2, -0.15) is 0 Å². The van der Waals surface area contributed by atoms with Crippen molar-refractivity contribution >= 4 is 21.4 Å². The molecule has 0 aromatic heterocycles. The van der Waals surface area contributed by atoms with E-state index in [1.165, 1.54) is 0 Å². The predicted molar refractivity (Wildman–Crippen MR) is 138 cm³/mol. The van der Waals surface area contributed by atoms with Gasteiger partial charge < -0.3 is 19.7 Å². The zero-order valence-electron chi connectivity index (χ0n) is 19.6. The number of fused-ring (bicyclic) bond motifs is 1. The molecule has 3 aromatic rings. The zero-order chi connectivity index (χ0) is 24.1. The fourth-order valence-corrected chi connectivity index (χ4v) is 5.63. The van der Waals surface area contributed by atoms with Crippen LogP contribution in [0.3, 0.4) is 0 Å². The Balaban J connectivity index is 1.06. The second-order valence-corrected chi connectivity index (χ2v) is 10.6. The molecule has 0 aliphatic carbocycles. The molecule has 0 saturated carbocycles. The molecule has 0 spiro atoms. The van der Waals surface area contributed by atoms with Crippen LogP contribution in [-0.4, -0.2) is 46.8 Å². The summed E-state index contributed by atoms with van der Waals surface area (Å²) in [5.74, 6) is 1.65. The lowest BCUT2D eigenvalue weighted by molar-refractivity contribution is 0.0841. The summed E-state index contributed by atoms with van der Waals surface area (Å²) >= 11 is 0. The monoisotopic (exact) mass is 493 g/mol. The maximum atomic E-state index is 12.5. The molecular formula is C27H31N3O4S. The van der Waals surface area contributed by atoms with Gasteiger partial charge in [0.05, 0.1) is 4.90 Å². The standard InChI is InChI=1S/C27H31N3O4S/c31-35(32,25-6-2-1-3-7-25)29-22-10-12-23(13-11-22)30-18-15-21(16-19-30)28-17-14-24-20-33-26-8-4-5-9-27(26)34-24/h1-13,21,24,28-29H,14-20H2/t24-/m0/s1. The van der Waals surface area contributed by atoms with E-state index in [1.54, 1.807) is 30.3 Å². The smallest absolute Gasteiger partial charge is 0.261 e. The molecule has 0 amide bonds. The highest BCUT2D eigenvalue weighted by Crippen LogP contribution is 2.31. The molecule has 0 radical (unpaired) electrons. The molecule has 2 N–H and O–H groups in total. The highest BCUT2D eigenvalue weighted by Gasteiger charge is 2.23. The minimum Gasteiger partial charge on any atom is -0.486 e.